The van der Waals surface area contributed by atoms with E-state index in [0.717, 1.165) is 17.5 Å². The Morgan fingerprint density at radius 3 is 2.85 bits per heavy atom. The molecule has 0 radical (unpaired) electrons. The molecule has 1 aliphatic carbocycles. The van der Waals surface area contributed by atoms with Gasteiger partial charge in [-0.25, -0.2) is 4.39 Å². The van der Waals surface area contributed by atoms with E-state index in [0.29, 0.717) is 17.3 Å². The van der Waals surface area contributed by atoms with Crippen molar-refractivity contribution in [2.24, 2.45) is 5.92 Å². The molecule has 6 heteroatoms. The number of aromatic nitrogens is 2. The smallest absolute Gasteiger partial charge is 0.228 e. The van der Waals surface area contributed by atoms with Crippen LogP contribution < -0.4 is 5.32 Å². The first-order valence-electron chi connectivity index (χ1n) is 8.42. The fourth-order valence-electron chi connectivity index (χ4n) is 3.14. The Kier molecular flexibility index (Phi) is 4.47. The fourth-order valence-corrected chi connectivity index (χ4v) is 3.26. The molecule has 0 spiro atoms. The first-order chi connectivity index (χ1) is 12.6. The second-order valence-corrected chi connectivity index (χ2v) is 6.98. The molecule has 1 fully saturated rings. The molecule has 0 aliphatic heterocycles. The van der Waals surface area contributed by atoms with E-state index in [-0.39, 0.29) is 23.6 Å². The Hall–Kier alpha value is -2.66. The standard InChI is InChI=1S/C20H17ClFN3O/c21-15-6-4-14(5-7-15)18-9-19(18)20(26)24-17-10-23-25(12-17)11-13-2-1-3-16(22)8-13/h1-8,10,12,18-19H,9,11H2,(H,24,26). The van der Waals surface area contributed by atoms with Gasteiger partial charge in [0.2, 0.25) is 5.91 Å². The van der Waals surface area contributed by atoms with E-state index < -0.39 is 0 Å². The van der Waals surface area contributed by atoms with Crippen LogP contribution in [0.2, 0.25) is 5.02 Å². The van der Waals surface area contributed by atoms with Crippen LogP contribution in [0.4, 0.5) is 10.1 Å². The van der Waals surface area contributed by atoms with Gasteiger partial charge in [0, 0.05) is 17.1 Å². The maximum atomic E-state index is 13.2. The normalized spacial score (nSPS) is 18.5. The molecular formula is C20H17ClFN3O. The van der Waals surface area contributed by atoms with Crippen LogP contribution in [-0.4, -0.2) is 15.7 Å². The third-order valence-electron chi connectivity index (χ3n) is 4.56. The molecule has 3 aromatic rings. The molecule has 1 amide bonds. The third-order valence-corrected chi connectivity index (χ3v) is 4.81. The molecular weight excluding hydrogens is 353 g/mol. The first kappa shape index (κ1) is 16.8. The zero-order chi connectivity index (χ0) is 18.1. The number of benzene rings is 2. The van der Waals surface area contributed by atoms with E-state index in [2.05, 4.69) is 10.4 Å². The highest BCUT2D eigenvalue weighted by Gasteiger charge is 2.43. The summed E-state index contributed by atoms with van der Waals surface area (Å²) in [4.78, 5) is 12.4. The van der Waals surface area contributed by atoms with Gasteiger partial charge in [-0.2, -0.15) is 5.10 Å². The predicted octanol–water partition coefficient (Wildman–Crippen LogP) is 4.47. The van der Waals surface area contributed by atoms with Gasteiger partial charge in [-0.15, -0.1) is 0 Å². The summed E-state index contributed by atoms with van der Waals surface area (Å²) in [5.41, 5.74) is 2.60. The largest absolute Gasteiger partial charge is 0.323 e. The van der Waals surface area contributed by atoms with Crippen molar-refractivity contribution in [1.29, 1.82) is 0 Å². The van der Waals surface area contributed by atoms with Gasteiger partial charge < -0.3 is 5.32 Å². The van der Waals surface area contributed by atoms with Crippen LogP contribution in [0.3, 0.4) is 0 Å². The van der Waals surface area contributed by atoms with Crippen LogP contribution in [0.15, 0.2) is 60.9 Å². The highest BCUT2D eigenvalue weighted by molar-refractivity contribution is 6.30. The quantitative estimate of drug-likeness (QED) is 0.721. The molecule has 0 bridgehead atoms. The predicted molar refractivity (Wildman–Crippen MR) is 98.7 cm³/mol. The first-order valence-corrected chi connectivity index (χ1v) is 8.79. The lowest BCUT2D eigenvalue weighted by Crippen LogP contribution is -2.14. The van der Waals surface area contributed by atoms with Gasteiger partial charge in [0.25, 0.3) is 0 Å². The second-order valence-electron chi connectivity index (χ2n) is 6.55. The molecule has 4 rings (SSSR count). The Labute approximate surface area is 155 Å². The van der Waals surface area contributed by atoms with Gasteiger partial charge in [0.1, 0.15) is 5.82 Å². The summed E-state index contributed by atoms with van der Waals surface area (Å²) >= 11 is 5.90. The Morgan fingerprint density at radius 2 is 2.08 bits per heavy atom. The number of halogens is 2. The molecule has 1 aromatic heterocycles. The number of hydrogen-bond acceptors (Lipinski definition) is 2. The second kappa shape index (κ2) is 6.92. The average Bonchev–Trinajstić information content (AvgIpc) is 3.30. The molecule has 26 heavy (non-hydrogen) atoms. The molecule has 2 unspecified atom stereocenters. The minimum absolute atomic E-state index is 0.00439. The lowest BCUT2D eigenvalue weighted by Gasteiger charge is -2.03. The van der Waals surface area contributed by atoms with E-state index in [4.69, 9.17) is 11.6 Å². The number of nitrogens with one attached hydrogen (secondary N) is 1. The number of nitrogens with zero attached hydrogens (tertiary/aromatic N) is 2. The lowest BCUT2D eigenvalue weighted by atomic mass is 10.1. The summed E-state index contributed by atoms with van der Waals surface area (Å²) in [5, 5.41) is 7.83. The number of amides is 1. The summed E-state index contributed by atoms with van der Waals surface area (Å²) in [7, 11) is 0. The number of carbonyl (C=O) groups is 1. The van der Waals surface area contributed by atoms with Gasteiger partial charge in [0.05, 0.1) is 18.4 Å². The van der Waals surface area contributed by atoms with Crippen molar-refractivity contribution in [2.45, 2.75) is 18.9 Å². The molecule has 1 saturated carbocycles. The van der Waals surface area contributed by atoms with Crippen molar-refractivity contribution in [3.63, 3.8) is 0 Å². The summed E-state index contributed by atoms with van der Waals surface area (Å²) in [5.74, 6) is -0.0576. The third kappa shape index (κ3) is 3.78. The molecule has 2 atom stereocenters. The van der Waals surface area contributed by atoms with Crippen LogP contribution in [0.25, 0.3) is 0 Å². The van der Waals surface area contributed by atoms with Crippen molar-refractivity contribution in [2.75, 3.05) is 5.32 Å². The van der Waals surface area contributed by atoms with Crippen molar-refractivity contribution < 1.29 is 9.18 Å². The van der Waals surface area contributed by atoms with Gasteiger partial charge >= 0.3 is 0 Å². The topological polar surface area (TPSA) is 46.9 Å². The van der Waals surface area contributed by atoms with Crippen LogP contribution in [0.1, 0.15) is 23.5 Å². The van der Waals surface area contributed by atoms with Crippen LogP contribution in [0, 0.1) is 11.7 Å². The van der Waals surface area contributed by atoms with E-state index >= 15 is 0 Å². The molecule has 2 aromatic carbocycles. The molecule has 0 saturated heterocycles. The van der Waals surface area contributed by atoms with Gasteiger partial charge in [-0.05, 0) is 47.7 Å². The van der Waals surface area contributed by atoms with Crippen LogP contribution in [0.5, 0.6) is 0 Å². The fraction of sp³-hybridized carbons (Fsp3) is 0.200. The maximum absolute atomic E-state index is 13.2. The summed E-state index contributed by atoms with van der Waals surface area (Å²) in [6.45, 7) is 0.449. The average molecular weight is 370 g/mol. The number of anilines is 1. The van der Waals surface area contributed by atoms with E-state index in [9.17, 15) is 9.18 Å². The van der Waals surface area contributed by atoms with E-state index in [1.165, 1.54) is 12.1 Å². The summed E-state index contributed by atoms with van der Waals surface area (Å²) in [6, 6.07) is 14.0. The van der Waals surface area contributed by atoms with Crippen molar-refractivity contribution in [3.05, 3.63) is 82.9 Å². The Bertz CT molecular complexity index is 938. The zero-order valence-electron chi connectivity index (χ0n) is 13.9. The molecule has 132 valence electrons. The van der Waals surface area contributed by atoms with E-state index in [1.54, 1.807) is 23.1 Å². The van der Waals surface area contributed by atoms with Crippen LogP contribution in [-0.2, 0) is 11.3 Å². The van der Waals surface area contributed by atoms with Crippen LogP contribution >= 0.6 is 11.6 Å². The van der Waals surface area contributed by atoms with Gasteiger partial charge in [-0.1, -0.05) is 35.9 Å². The lowest BCUT2D eigenvalue weighted by molar-refractivity contribution is -0.117. The molecule has 1 aliphatic rings. The van der Waals surface area contributed by atoms with E-state index in [1.807, 2.05) is 30.3 Å². The Morgan fingerprint density at radius 1 is 1.27 bits per heavy atom. The van der Waals surface area contributed by atoms with Crippen molar-refractivity contribution in [3.8, 4) is 0 Å². The zero-order valence-corrected chi connectivity index (χ0v) is 14.7. The molecule has 1 heterocycles. The number of carbonyl (C=O) groups excluding carboxylic acids is 1. The number of hydrogen-bond donors (Lipinski definition) is 1. The number of rotatable bonds is 5. The summed E-state index contributed by atoms with van der Waals surface area (Å²) < 4.78 is 14.9. The minimum Gasteiger partial charge on any atom is -0.323 e. The van der Waals surface area contributed by atoms with Gasteiger partial charge in [0.15, 0.2) is 0 Å². The SMILES string of the molecule is O=C(Nc1cnn(Cc2cccc(F)c2)c1)C1CC1c1ccc(Cl)cc1. The highest BCUT2D eigenvalue weighted by Crippen LogP contribution is 2.48. The Balaban J connectivity index is 1.35. The maximum Gasteiger partial charge on any atom is 0.228 e. The monoisotopic (exact) mass is 369 g/mol. The van der Waals surface area contributed by atoms with Crippen molar-refractivity contribution in [1.82, 2.24) is 9.78 Å². The molecule has 1 N–H and O–H groups in total. The van der Waals surface area contributed by atoms with Crippen molar-refractivity contribution >= 4 is 23.2 Å². The molecule has 4 nitrogen and oxygen atoms in total. The van der Waals surface area contributed by atoms with Gasteiger partial charge in [-0.3, -0.25) is 9.48 Å². The summed E-state index contributed by atoms with van der Waals surface area (Å²) in [6.07, 6.45) is 4.20. The minimum atomic E-state index is -0.273. The highest BCUT2D eigenvalue weighted by atomic mass is 35.5.